The third kappa shape index (κ3) is 6.49. The van der Waals surface area contributed by atoms with E-state index < -0.39 is 17.4 Å². The first-order valence-corrected chi connectivity index (χ1v) is 13.5. The molecule has 0 saturated heterocycles. The molecule has 3 aromatic carbocycles. The monoisotopic (exact) mass is 545 g/mol. The second kappa shape index (κ2) is 13.1. The fraction of sp³-hybridized carbons (Fsp3) is 0.258. The van der Waals surface area contributed by atoms with Crippen molar-refractivity contribution < 1.29 is 19.1 Å². The van der Waals surface area contributed by atoms with Crippen molar-refractivity contribution in [3.63, 3.8) is 0 Å². The summed E-state index contributed by atoms with van der Waals surface area (Å²) in [6, 6.07) is 24.4. The molecule has 3 aromatic rings. The number of esters is 1. The van der Waals surface area contributed by atoms with E-state index in [0.717, 1.165) is 18.4 Å². The van der Waals surface area contributed by atoms with E-state index in [1.54, 1.807) is 48.2 Å². The maximum absolute atomic E-state index is 13.5. The van der Waals surface area contributed by atoms with Gasteiger partial charge in [0.15, 0.2) is 0 Å². The molecule has 0 aromatic heterocycles. The van der Waals surface area contributed by atoms with E-state index in [2.05, 4.69) is 10.6 Å². The van der Waals surface area contributed by atoms with Crippen LogP contribution in [0, 0.1) is 0 Å². The molecule has 1 heterocycles. The summed E-state index contributed by atoms with van der Waals surface area (Å²) in [6.45, 7) is 4.44. The molecule has 0 radical (unpaired) electrons. The van der Waals surface area contributed by atoms with Crippen LogP contribution in [-0.2, 0) is 14.3 Å². The Morgan fingerprint density at radius 2 is 1.69 bits per heavy atom. The SMILES string of the molecule is CCCCN1C(=O)N[C@@H](c2cccc(NC(=O)[C@H](Cl)c3ccccc3)c2)C(C(=O)OCC)=C1c1ccccc1. The Morgan fingerprint density at radius 1 is 1.00 bits per heavy atom. The molecule has 1 aliphatic rings. The van der Waals surface area contributed by atoms with Gasteiger partial charge in [0.2, 0.25) is 5.91 Å². The Kier molecular flexibility index (Phi) is 9.39. The van der Waals surface area contributed by atoms with Crippen LogP contribution in [0.15, 0.2) is 90.5 Å². The van der Waals surface area contributed by atoms with E-state index in [-0.39, 0.29) is 18.5 Å². The molecule has 0 unspecified atom stereocenters. The molecule has 8 heteroatoms. The highest BCUT2D eigenvalue weighted by Crippen LogP contribution is 2.37. The number of hydrogen-bond acceptors (Lipinski definition) is 4. The normalized spacial score (nSPS) is 15.9. The highest BCUT2D eigenvalue weighted by Gasteiger charge is 2.38. The van der Waals surface area contributed by atoms with E-state index in [9.17, 15) is 14.4 Å². The predicted octanol–water partition coefficient (Wildman–Crippen LogP) is 6.45. The lowest BCUT2D eigenvalue weighted by Gasteiger charge is -2.37. The third-order valence-electron chi connectivity index (χ3n) is 6.41. The lowest BCUT2D eigenvalue weighted by molar-refractivity contribution is -0.139. The van der Waals surface area contributed by atoms with Gasteiger partial charge < -0.3 is 15.4 Å². The van der Waals surface area contributed by atoms with E-state index >= 15 is 0 Å². The van der Waals surface area contributed by atoms with Crippen LogP contribution in [0.3, 0.4) is 0 Å². The number of carbonyl (C=O) groups excluding carboxylic acids is 3. The minimum Gasteiger partial charge on any atom is -0.463 e. The Balaban J connectivity index is 1.75. The molecule has 0 aliphatic carbocycles. The number of anilines is 1. The van der Waals surface area contributed by atoms with Crippen molar-refractivity contribution in [3.05, 3.63) is 107 Å². The average Bonchev–Trinajstić information content (AvgIpc) is 2.96. The summed E-state index contributed by atoms with van der Waals surface area (Å²) in [6.07, 6.45) is 1.66. The number of alkyl halides is 1. The summed E-state index contributed by atoms with van der Waals surface area (Å²) >= 11 is 6.42. The largest absolute Gasteiger partial charge is 0.463 e. The number of nitrogens with one attached hydrogen (secondary N) is 2. The van der Waals surface area contributed by atoms with Crippen molar-refractivity contribution in [3.8, 4) is 0 Å². The van der Waals surface area contributed by atoms with Gasteiger partial charge in [0.1, 0.15) is 5.38 Å². The molecular weight excluding hydrogens is 514 g/mol. The molecule has 2 atom stereocenters. The standard InChI is InChI=1S/C31H32ClN3O4/c1-3-5-19-35-28(22-15-10-7-11-16-22)25(30(37)39-4-2)27(34-31(35)38)23-17-12-18-24(20-23)33-29(36)26(32)21-13-8-6-9-14-21/h6-18,20,26-27H,3-5,19H2,1-2H3,(H,33,36)(H,34,38)/t26-,27+/m1/s1. The molecule has 3 amide bonds. The molecule has 202 valence electrons. The maximum Gasteiger partial charge on any atom is 0.338 e. The summed E-state index contributed by atoms with van der Waals surface area (Å²) in [5.74, 6) is -0.897. The third-order valence-corrected chi connectivity index (χ3v) is 6.86. The number of carbonyl (C=O) groups is 3. The number of unbranched alkanes of at least 4 members (excludes halogenated alkanes) is 1. The first-order valence-electron chi connectivity index (χ1n) is 13.1. The molecule has 2 N–H and O–H groups in total. The number of halogens is 1. The zero-order valence-electron chi connectivity index (χ0n) is 22.0. The van der Waals surface area contributed by atoms with E-state index in [4.69, 9.17) is 16.3 Å². The molecule has 0 fully saturated rings. The minimum atomic E-state index is -0.879. The van der Waals surface area contributed by atoms with Crippen LogP contribution in [0.2, 0.25) is 0 Å². The van der Waals surface area contributed by atoms with E-state index in [1.807, 2.05) is 55.5 Å². The van der Waals surface area contributed by atoms with Crippen molar-refractivity contribution in [1.82, 2.24) is 10.2 Å². The van der Waals surface area contributed by atoms with Gasteiger partial charge in [-0.05, 0) is 42.2 Å². The lowest BCUT2D eigenvalue weighted by Crippen LogP contribution is -2.48. The molecular formula is C31H32ClN3O4. The second-order valence-corrected chi connectivity index (χ2v) is 9.56. The van der Waals surface area contributed by atoms with Crippen molar-refractivity contribution >= 4 is 40.9 Å². The smallest absolute Gasteiger partial charge is 0.338 e. The number of benzene rings is 3. The van der Waals surface area contributed by atoms with Crippen LogP contribution < -0.4 is 10.6 Å². The minimum absolute atomic E-state index is 0.187. The van der Waals surface area contributed by atoms with Gasteiger partial charge in [0.05, 0.1) is 23.9 Å². The Labute approximate surface area is 233 Å². The summed E-state index contributed by atoms with van der Waals surface area (Å²) in [7, 11) is 0. The number of hydrogen-bond donors (Lipinski definition) is 2. The molecule has 39 heavy (non-hydrogen) atoms. The Morgan fingerprint density at radius 3 is 2.36 bits per heavy atom. The molecule has 7 nitrogen and oxygen atoms in total. The number of rotatable bonds is 10. The van der Waals surface area contributed by atoms with Crippen LogP contribution in [0.5, 0.6) is 0 Å². The van der Waals surface area contributed by atoms with Crippen molar-refractivity contribution in [2.24, 2.45) is 0 Å². The van der Waals surface area contributed by atoms with Crippen molar-refractivity contribution in [2.45, 2.75) is 38.1 Å². The van der Waals surface area contributed by atoms with Crippen molar-refractivity contribution in [2.75, 3.05) is 18.5 Å². The zero-order chi connectivity index (χ0) is 27.8. The fourth-order valence-electron chi connectivity index (χ4n) is 4.54. The first-order chi connectivity index (χ1) is 18.9. The quantitative estimate of drug-likeness (QED) is 0.226. The average molecular weight is 546 g/mol. The van der Waals surface area contributed by atoms with E-state index in [1.165, 1.54) is 0 Å². The van der Waals surface area contributed by atoms with Gasteiger partial charge in [-0.3, -0.25) is 9.69 Å². The number of ether oxygens (including phenoxy) is 1. The highest BCUT2D eigenvalue weighted by atomic mass is 35.5. The number of amides is 3. The lowest BCUT2D eigenvalue weighted by atomic mass is 9.91. The Bertz CT molecular complexity index is 1340. The van der Waals surface area contributed by atoms with Gasteiger partial charge in [-0.15, -0.1) is 11.6 Å². The molecule has 4 rings (SSSR count). The van der Waals surface area contributed by atoms with Crippen LogP contribution >= 0.6 is 11.6 Å². The predicted molar refractivity (Wildman–Crippen MR) is 153 cm³/mol. The summed E-state index contributed by atoms with van der Waals surface area (Å²) in [4.78, 5) is 41.4. The van der Waals surface area contributed by atoms with Gasteiger partial charge >= 0.3 is 12.0 Å². The molecule has 1 aliphatic heterocycles. The van der Waals surface area contributed by atoms with Crippen LogP contribution in [-0.4, -0.2) is 36.0 Å². The number of nitrogens with zero attached hydrogens (tertiary/aromatic N) is 1. The number of urea groups is 1. The Hall–Kier alpha value is -4.10. The topological polar surface area (TPSA) is 87.7 Å². The van der Waals surface area contributed by atoms with Gasteiger partial charge in [-0.1, -0.05) is 86.1 Å². The summed E-state index contributed by atoms with van der Waals surface area (Å²) in [5, 5.41) is 4.97. The second-order valence-electron chi connectivity index (χ2n) is 9.12. The van der Waals surface area contributed by atoms with Gasteiger partial charge in [0, 0.05) is 12.2 Å². The fourth-order valence-corrected chi connectivity index (χ4v) is 4.74. The maximum atomic E-state index is 13.5. The van der Waals surface area contributed by atoms with Gasteiger partial charge in [-0.2, -0.15) is 0 Å². The van der Waals surface area contributed by atoms with Crippen LogP contribution in [0.1, 0.15) is 54.8 Å². The van der Waals surface area contributed by atoms with Gasteiger partial charge in [0.25, 0.3) is 0 Å². The molecule has 0 saturated carbocycles. The van der Waals surface area contributed by atoms with Crippen LogP contribution in [0.25, 0.3) is 5.70 Å². The summed E-state index contributed by atoms with van der Waals surface area (Å²) in [5.41, 5.74) is 3.40. The van der Waals surface area contributed by atoms with Crippen LogP contribution in [0.4, 0.5) is 10.5 Å². The van der Waals surface area contributed by atoms with E-state index in [0.29, 0.717) is 34.6 Å². The summed E-state index contributed by atoms with van der Waals surface area (Å²) < 4.78 is 5.49. The molecule has 0 spiro atoms. The zero-order valence-corrected chi connectivity index (χ0v) is 22.8. The first kappa shape index (κ1) is 27.9. The molecule has 0 bridgehead atoms. The van der Waals surface area contributed by atoms with Crippen molar-refractivity contribution in [1.29, 1.82) is 0 Å². The highest BCUT2D eigenvalue weighted by molar-refractivity contribution is 6.32. The van der Waals surface area contributed by atoms with Gasteiger partial charge in [-0.25, -0.2) is 9.59 Å².